The van der Waals surface area contributed by atoms with Gasteiger partial charge in [0.25, 0.3) is 0 Å². The fraction of sp³-hybridized carbons (Fsp3) is 0.333. The van der Waals surface area contributed by atoms with Crippen LogP contribution in [0.25, 0.3) is 0 Å². The molecule has 0 radical (unpaired) electrons. The summed E-state index contributed by atoms with van der Waals surface area (Å²) in [6.45, 7) is 6.83. The van der Waals surface area contributed by atoms with Crippen molar-refractivity contribution in [1.82, 2.24) is 0 Å². The highest BCUT2D eigenvalue weighted by molar-refractivity contribution is 7.46. The highest BCUT2D eigenvalue weighted by Gasteiger charge is 2.17. The maximum absolute atomic E-state index is 5.44. The molecule has 0 aromatic heterocycles. The molecule has 0 fully saturated rings. The van der Waals surface area contributed by atoms with E-state index >= 15 is 0 Å². The maximum atomic E-state index is 5.44. The molecule has 1 unspecified atom stereocenters. The molecule has 0 aliphatic rings. The van der Waals surface area contributed by atoms with Crippen molar-refractivity contribution < 1.29 is 4.74 Å². The molecule has 0 aliphatic carbocycles. The molecule has 0 heterocycles. The van der Waals surface area contributed by atoms with E-state index in [9.17, 15) is 0 Å². The van der Waals surface area contributed by atoms with Gasteiger partial charge in [0.2, 0.25) is 0 Å². The second-order valence-electron chi connectivity index (χ2n) is 5.96. The largest absolute Gasteiger partial charge is 0.496 e. The molecule has 20 heavy (non-hydrogen) atoms. The van der Waals surface area contributed by atoms with Crippen molar-refractivity contribution in [2.24, 2.45) is 0 Å². The van der Waals surface area contributed by atoms with Gasteiger partial charge in [0.05, 0.1) is 7.11 Å². The fourth-order valence-electron chi connectivity index (χ4n) is 2.33. The van der Waals surface area contributed by atoms with Crippen LogP contribution >= 0.6 is 8.58 Å². The van der Waals surface area contributed by atoms with Gasteiger partial charge in [0, 0.05) is 0 Å². The van der Waals surface area contributed by atoms with Gasteiger partial charge in [-0.05, 0) is 34.1 Å². The molecule has 0 aliphatic heterocycles. The summed E-state index contributed by atoms with van der Waals surface area (Å²) in [4.78, 5) is 0. The number of hydrogen-bond acceptors (Lipinski definition) is 1. The van der Waals surface area contributed by atoms with Crippen LogP contribution < -0.4 is 10.0 Å². The Morgan fingerprint density at radius 2 is 1.60 bits per heavy atom. The monoisotopic (exact) mass is 286 g/mol. The first kappa shape index (κ1) is 15.1. The van der Waals surface area contributed by atoms with E-state index in [1.54, 1.807) is 7.11 Å². The number of methoxy groups -OCH3 is 1. The molecule has 106 valence electrons. The van der Waals surface area contributed by atoms with Crippen molar-refractivity contribution >= 4 is 13.9 Å². The lowest BCUT2D eigenvalue weighted by Crippen LogP contribution is -2.19. The summed E-state index contributed by atoms with van der Waals surface area (Å²) < 4.78 is 5.44. The number of benzene rings is 2. The predicted octanol–water partition coefficient (Wildman–Crippen LogP) is 4.50. The molecule has 0 N–H and O–H groups in total. The minimum absolute atomic E-state index is 0.199. The average molecular weight is 286 g/mol. The number of rotatable bonds is 4. The fourth-order valence-corrected chi connectivity index (χ4v) is 3.87. The van der Waals surface area contributed by atoms with Crippen LogP contribution in [0.1, 0.15) is 31.9 Å². The van der Waals surface area contributed by atoms with Gasteiger partial charge >= 0.3 is 0 Å². The summed E-state index contributed by atoms with van der Waals surface area (Å²) in [7, 11) is 2.51. The van der Waals surface area contributed by atoms with E-state index in [2.05, 4.69) is 57.2 Å². The Balaban J connectivity index is 2.20. The Morgan fingerprint density at radius 1 is 0.950 bits per heavy atom. The third kappa shape index (κ3) is 3.61. The topological polar surface area (TPSA) is 9.23 Å². The van der Waals surface area contributed by atoms with Gasteiger partial charge in [0.15, 0.2) is 0 Å². The minimum Gasteiger partial charge on any atom is -0.496 e. The lowest BCUT2D eigenvalue weighted by molar-refractivity contribution is 0.411. The molecule has 2 aromatic rings. The molecule has 2 aromatic carbocycles. The van der Waals surface area contributed by atoms with Gasteiger partial charge in [-0.25, -0.2) is 0 Å². The van der Waals surface area contributed by atoms with Crippen molar-refractivity contribution in [2.75, 3.05) is 7.11 Å². The van der Waals surface area contributed by atoms with E-state index in [0.717, 1.165) is 20.5 Å². The smallest absolute Gasteiger partial charge is 0.122 e. The van der Waals surface area contributed by atoms with Crippen molar-refractivity contribution in [1.29, 1.82) is 0 Å². The molecule has 2 rings (SSSR count). The first-order chi connectivity index (χ1) is 9.52. The van der Waals surface area contributed by atoms with E-state index < -0.39 is 0 Å². The number of hydrogen-bond donors (Lipinski definition) is 0. The average Bonchev–Trinajstić information content (AvgIpc) is 2.44. The van der Waals surface area contributed by atoms with E-state index in [-0.39, 0.29) is 5.41 Å². The quantitative estimate of drug-likeness (QED) is 0.752. The summed E-state index contributed by atoms with van der Waals surface area (Å²) in [5.41, 5.74) is 2.94. The third-order valence-corrected chi connectivity index (χ3v) is 4.77. The Morgan fingerprint density at radius 3 is 2.30 bits per heavy atom. The highest BCUT2D eigenvalue weighted by Crippen LogP contribution is 2.30. The van der Waals surface area contributed by atoms with Crippen molar-refractivity contribution in [3.05, 3.63) is 59.7 Å². The Hall–Kier alpha value is -1.33. The van der Waals surface area contributed by atoms with Crippen LogP contribution in [0.3, 0.4) is 0 Å². The number of ether oxygens (including phenoxy) is 1. The Kier molecular flexibility index (Phi) is 4.83. The van der Waals surface area contributed by atoms with E-state index in [1.165, 1.54) is 16.4 Å². The van der Waals surface area contributed by atoms with Crippen LogP contribution in [-0.4, -0.2) is 7.11 Å². The van der Waals surface area contributed by atoms with E-state index in [0.29, 0.717) is 0 Å². The van der Waals surface area contributed by atoms with Crippen LogP contribution in [0.4, 0.5) is 0 Å². The van der Waals surface area contributed by atoms with Gasteiger partial charge < -0.3 is 4.74 Å². The molecule has 2 heteroatoms. The lowest BCUT2D eigenvalue weighted by Gasteiger charge is -2.23. The molecule has 0 amide bonds. The second kappa shape index (κ2) is 6.41. The normalized spacial score (nSPS) is 12.0. The van der Waals surface area contributed by atoms with Crippen LogP contribution in [0.5, 0.6) is 5.75 Å². The van der Waals surface area contributed by atoms with Crippen LogP contribution in [0, 0.1) is 0 Å². The summed E-state index contributed by atoms with van der Waals surface area (Å²) in [5.74, 6) is 0.994. The third-order valence-electron chi connectivity index (χ3n) is 3.40. The van der Waals surface area contributed by atoms with Gasteiger partial charge in [0.1, 0.15) is 5.75 Å². The molecular weight excluding hydrogens is 263 g/mol. The zero-order valence-corrected chi connectivity index (χ0v) is 13.7. The SMILES string of the molecule is COc1ccccc1CPc1ccccc1C(C)(C)C. The van der Waals surface area contributed by atoms with Gasteiger partial charge in [-0.15, -0.1) is 0 Å². The maximum Gasteiger partial charge on any atom is 0.122 e. The van der Waals surface area contributed by atoms with Crippen molar-refractivity contribution in [3.63, 3.8) is 0 Å². The van der Waals surface area contributed by atoms with Crippen LogP contribution in [-0.2, 0) is 11.6 Å². The first-order valence-electron chi connectivity index (χ1n) is 6.97. The second-order valence-corrected chi connectivity index (χ2v) is 7.21. The van der Waals surface area contributed by atoms with Gasteiger partial charge in [-0.3, -0.25) is 0 Å². The zero-order valence-electron chi connectivity index (χ0n) is 12.7. The molecule has 0 spiro atoms. The summed E-state index contributed by atoms with van der Waals surface area (Å²) in [6, 6.07) is 17.1. The lowest BCUT2D eigenvalue weighted by atomic mass is 9.87. The van der Waals surface area contributed by atoms with Crippen LogP contribution in [0.2, 0.25) is 0 Å². The molecule has 0 saturated carbocycles. The summed E-state index contributed by atoms with van der Waals surface area (Å²) in [5, 5.41) is 1.46. The van der Waals surface area contributed by atoms with Crippen molar-refractivity contribution in [3.8, 4) is 5.75 Å². The molecule has 1 atom stereocenters. The molecule has 1 nitrogen and oxygen atoms in total. The standard InChI is InChI=1S/C18H23OP/c1-18(2,3)15-10-6-8-12-17(15)20-13-14-9-5-7-11-16(14)19-4/h5-12,20H,13H2,1-4H3. The predicted molar refractivity (Wildman–Crippen MR) is 89.8 cm³/mol. The highest BCUT2D eigenvalue weighted by atomic mass is 31.1. The number of para-hydroxylation sites is 1. The first-order valence-corrected chi connectivity index (χ1v) is 8.18. The Labute approximate surface area is 124 Å². The molecular formula is C18H23OP. The minimum atomic E-state index is 0.199. The van der Waals surface area contributed by atoms with Gasteiger partial charge in [-0.2, -0.15) is 0 Å². The van der Waals surface area contributed by atoms with E-state index in [4.69, 9.17) is 4.74 Å². The van der Waals surface area contributed by atoms with Gasteiger partial charge in [-0.1, -0.05) is 71.8 Å². The summed E-state index contributed by atoms with van der Waals surface area (Å²) in [6.07, 6.45) is 1.04. The summed E-state index contributed by atoms with van der Waals surface area (Å²) >= 11 is 0. The van der Waals surface area contributed by atoms with Crippen LogP contribution in [0.15, 0.2) is 48.5 Å². The molecule has 0 bridgehead atoms. The van der Waals surface area contributed by atoms with E-state index in [1.807, 2.05) is 12.1 Å². The van der Waals surface area contributed by atoms with Crippen molar-refractivity contribution in [2.45, 2.75) is 32.3 Å². The Bertz CT molecular complexity index is 570. The molecule has 0 saturated heterocycles. The zero-order chi connectivity index (χ0) is 14.6.